The molecule has 0 bridgehead atoms. The van der Waals surface area contributed by atoms with E-state index in [0.717, 1.165) is 29.5 Å². The molecule has 1 aliphatic heterocycles. The lowest BCUT2D eigenvalue weighted by molar-refractivity contribution is -0.127. The minimum Gasteiger partial charge on any atom is -0.493 e. The third kappa shape index (κ3) is 4.94. The molecule has 4 rings (SSSR count). The first kappa shape index (κ1) is 22.6. The van der Waals surface area contributed by atoms with Crippen molar-refractivity contribution in [3.63, 3.8) is 0 Å². The second-order valence-electron chi connectivity index (χ2n) is 8.33. The van der Waals surface area contributed by atoms with E-state index >= 15 is 0 Å². The Morgan fingerprint density at radius 2 is 1.85 bits per heavy atom. The molecule has 4 amide bonds. The average molecular weight is 452 g/mol. The summed E-state index contributed by atoms with van der Waals surface area (Å²) < 4.78 is 10.8. The van der Waals surface area contributed by atoms with Gasteiger partial charge in [-0.25, -0.2) is 4.79 Å². The number of rotatable bonds is 9. The smallest absolute Gasteiger partial charge is 0.324 e. The zero-order valence-electron chi connectivity index (χ0n) is 18.9. The largest absolute Gasteiger partial charge is 0.493 e. The third-order valence-corrected chi connectivity index (χ3v) is 6.29. The molecule has 0 spiro atoms. The number of benzene rings is 2. The molecule has 8 nitrogen and oxygen atoms in total. The molecule has 2 aliphatic rings. The standard InChI is InChI=1S/C25H29N3O5/c1-32-21-14-17-8-9-19(18(17)15-22(21)33-2)26-23(29)11-10-20-24(30)28(25(31)27-20)13-12-16-6-4-3-5-7-16/h3-7,14-15,19-20H,8-13H2,1-2H3,(H,26,29)(H,27,31)/t19?,20-/m0/s1. The number of nitrogens with one attached hydrogen (secondary N) is 2. The van der Waals surface area contributed by atoms with Crippen LogP contribution >= 0.6 is 0 Å². The number of hydrogen-bond acceptors (Lipinski definition) is 5. The van der Waals surface area contributed by atoms with E-state index < -0.39 is 12.1 Å². The second kappa shape index (κ2) is 9.94. The van der Waals surface area contributed by atoms with Crippen LogP contribution in [0.15, 0.2) is 42.5 Å². The quantitative estimate of drug-likeness (QED) is 0.572. The van der Waals surface area contributed by atoms with Crippen molar-refractivity contribution in [3.8, 4) is 11.5 Å². The normalized spacial score (nSPS) is 19.3. The molecule has 1 fully saturated rings. The molecule has 33 heavy (non-hydrogen) atoms. The predicted molar refractivity (Wildman–Crippen MR) is 122 cm³/mol. The van der Waals surface area contributed by atoms with Crippen LogP contribution in [0.3, 0.4) is 0 Å². The van der Waals surface area contributed by atoms with Crippen LogP contribution in [0.4, 0.5) is 4.79 Å². The van der Waals surface area contributed by atoms with Crippen LogP contribution in [0.1, 0.15) is 42.0 Å². The highest BCUT2D eigenvalue weighted by Gasteiger charge is 2.37. The average Bonchev–Trinajstić information content (AvgIpc) is 3.34. The molecular formula is C25H29N3O5. The molecule has 8 heteroatoms. The van der Waals surface area contributed by atoms with Crippen molar-refractivity contribution in [1.29, 1.82) is 0 Å². The maximum Gasteiger partial charge on any atom is 0.324 e. The molecule has 174 valence electrons. The highest BCUT2D eigenvalue weighted by atomic mass is 16.5. The summed E-state index contributed by atoms with van der Waals surface area (Å²) in [5.74, 6) is 0.891. The van der Waals surface area contributed by atoms with Gasteiger partial charge in [0.1, 0.15) is 6.04 Å². The number of fused-ring (bicyclic) bond motifs is 1. The van der Waals surface area contributed by atoms with Crippen LogP contribution < -0.4 is 20.1 Å². The molecule has 2 atom stereocenters. The summed E-state index contributed by atoms with van der Waals surface area (Å²) in [5, 5.41) is 5.77. The van der Waals surface area contributed by atoms with Gasteiger partial charge >= 0.3 is 6.03 Å². The number of hydrogen-bond donors (Lipinski definition) is 2. The molecule has 1 heterocycles. The monoisotopic (exact) mass is 451 g/mol. The fourth-order valence-electron chi connectivity index (χ4n) is 4.49. The highest BCUT2D eigenvalue weighted by molar-refractivity contribution is 6.04. The lowest BCUT2D eigenvalue weighted by Crippen LogP contribution is -2.34. The first-order chi connectivity index (χ1) is 16.0. The number of aryl methyl sites for hydroxylation is 1. The maximum atomic E-state index is 12.7. The summed E-state index contributed by atoms with van der Waals surface area (Å²) in [4.78, 5) is 38.8. The maximum absolute atomic E-state index is 12.7. The molecule has 1 saturated heterocycles. The fourth-order valence-corrected chi connectivity index (χ4v) is 4.49. The summed E-state index contributed by atoms with van der Waals surface area (Å²) in [6, 6.07) is 12.4. The molecule has 1 unspecified atom stereocenters. The van der Waals surface area contributed by atoms with Gasteiger partial charge in [-0.05, 0) is 54.5 Å². The van der Waals surface area contributed by atoms with E-state index in [1.165, 1.54) is 4.90 Å². The van der Waals surface area contributed by atoms with E-state index in [1.807, 2.05) is 42.5 Å². The lowest BCUT2D eigenvalue weighted by atomic mass is 10.1. The Morgan fingerprint density at radius 3 is 2.58 bits per heavy atom. The lowest BCUT2D eigenvalue weighted by Gasteiger charge is -2.17. The fraction of sp³-hybridized carbons (Fsp3) is 0.400. The first-order valence-corrected chi connectivity index (χ1v) is 11.2. The van der Waals surface area contributed by atoms with Gasteiger partial charge in [0.15, 0.2) is 11.5 Å². The molecule has 2 aromatic carbocycles. The van der Waals surface area contributed by atoms with E-state index in [0.29, 0.717) is 24.5 Å². The van der Waals surface area contributed by atoms with E-state index in [4.69, 9.17) is 9.47 Å². The Labute approximate surface area is 193 Å². The van der Waals surface area contributed by atoms with Crippen LogP contribution in [-0.2, 0) is 22.4 Å². The van der Waals surface area contributed by atoms with Gasteiger partial charge in [-0.3, -0.25) is 14.5 Å². The summed E-state index contributed by atoms with van der Waals surface area (Å²) in [6.07, 6.45) is 2.66. The second-order valence-corrected chi connectivity index (χ2v) is 8.33. The first-order valence-electron chi connectivity index (χ1n) is 11.2. The number of methoxy groups -OCH3 is 2. The Kier molecular flexibility index (Phi) is 6.82. The highest BCUT2D eigenvalue weighted by Crippen LogP contribution is 2.39. The zero-order valence-corrected chi connectivity index (χ0v) is 18.9. The van der Waals surface area contributed by atoms with Crippen molar-refractivity contribution in [1.82, 2.24) is 15.5 Å². The van der Waals surface area contributed by atoms with Crippen molar-refractivity contribution in [2.75, 3.05) is 20.8 Å². The van der Waals surface area contributed by atoms with Crippen LogP contribution in [0.25, 0.3) is 0 Å². The van der Waals surface area contributed by atoms with Gasteiger partial charge in [-0.2, -0.15) is 0 Å². The Bertz CT molecular complexity index is 1040. The van der Waals surface area contributed by atoms with Crippen molar-refractivity contribution in [2.45, 2.75) is 44.2 Å². The van der Waals surface area contributed by atoms with Gasteiger partial charge in [0, 0.05) is 13.0 Å². The van der Waals surface area contributed by atoms with Gasteiger partial charge in [-0.1, -0.05) is 30.3 Å². The van der Waals surface area contributed by atoms with Crippen LogP contribution in [0.5, 0.6) is 11.5 Å². The van der Waals surface area contributed by atoms with E-state index in [-0.39, 0.29) is 30.7 Å². The molecular weight excluding hydrogens is 422 g/mol. The van der Waals surface area contributed by atoms with Gasteiger partial charge in [0.25, 0.3) is 5.91 Å². The summed E-state index contributed by atoms with van der Waals surface area (Å²) in [7, 11) is 3.19. The zero-order chi connectivity index (χ0) is 23.4. The predicted octanol–water partition coefficient (Wildman–Crippen LogP) is 2.75. The minimum atomic E-state index is -0.667. The number of carbonyl (C=O) groups is 3. The molecule has 2 N–H and O–H groups in total. The number of urea groups is 1. The van der Waals surface area contributed by atoms with Gasteiger partial charge < -0.3 is 20.1 Å². The summed E-state index contributed by atoms with van der Waals surface area (Å²) in [6.45, 7) is 0.321. The van der Waals surface area contributed by atoms with E-state index in [2.05, 4.69) is 10.6 Å². The summed E-state index contributed by atoms with van der Waals surface area (Å²) in [5.41, 5.74) is 3.22. The number of imide groups is 1. The van der Waals surface area contributed by atoms with Gasteiger partial charge in [0.2, 0.25) is 5.91 Å². The Balaban J connectivity index is 1.29. The van der Waals surface area contributed by atoms with E-state index in [1.54, 1.807) is 14.2 Å². The molecule has 0 aromatic heterocycles. The molecule has 1 aliphatic carbocycles. The number of ether oxygens (including phenoxy) is 2. The molecule has 0 saturated carbocycles. The SMILES string of the molecule is COc1cc2c(cc1OC)C(NC(=O)CC[C@@H]1NC(=O)N(CCc3ccccc3)C1=O)CC2. The van der Waals surface area contributed by atoms with Crippen molar-refractivity contribution >= 4 is 17.8 Å². The number of carbonyl (C=O) groups excluding carboxylic acids is 3. The molecule has 2 aromatic rings. The van der Waals surface area contributed by atoms with Crippen molar-refractivity contribution in [3.05, 3.63) is 59.2 Å². The van der Waals surface area contributed by atoms with Gasteiger partial charge in [0.05, 0.1) is 20.3 Å². The Hall–Kier alpha value is -3.55. The minimum absolute atomic E-state index is 0.108. The van der Waals surface area contributed by atoms with Crippen LogP contribution in [0.2, 0.25) is 0 Å². The Morgan fingerprint density at radius 1 is 1.12 bits per heavy atom. The van der Waals surface area contributed by atoms with Crippen molar-refractivity contribution < 1.29 is 23.9 Å². The number of amides is 4. The molecule has 0 radical (unpaired) electrons. The van der Waals surface area contributed by atoms with Crippen LogP contribution in [0, 0.1) is 0 Å². The summed E-state index contributed by atoms with van der Waals surface area (Å²) >= 11 is 0. The topological polar surface area (TPSA) is 97.0 Å². The van der Waals surface area contributed by atoms with Crippen LogP contribution in [-0.4, -0.2) is 49.6 Å². The van der Waals surface area contributed by atoms with Gasteiger partial charge in [-0.15, -0.1) is 0 Å². The third-order valence-electron chi connectivity index (χ3n) is 6.29. The van der Waals surface area contributed by atoms with E-state index in [9.17, 15) is 14.4 Å². The van der Waals surface area contributed by atoms with Crippen molar-refractivity contribution in [2.24, 2.45) is 0 Å². The number of nitrogens with zero attached hydrogens (tertiary/aromatic N) is 1.